The molecule has 408 valence electrons. The van der Waals surface area contributed by atoms with Gasteiger partial charge in [-0.2, -0.15) is 5.10 Å². The number of likely N-dealkylation sites (tertiary alicyclic amines) is 1. The number of aromatic nitrogens is 3. The zero-order chi connectivity index (χ0) is 54.0. The molecule has 2 aromatic heterocycles. The van der Waals surface area contributed by atoms with Crippen LogP contribution in [-0.4, -0.2) is 151 Å². The average Bonchev–Trinajstić information content (AvgIpc) is 4.13. The highest BCUT2D eigenvalue weighted by Crippen LogP contribution is 2.42. The van der Waals surface area contributed by atoms with E-state index in [1.807, 2.05) is 75.7 Å². The molecule has 7 N–H and O–H groups in total. The van der Waals surface area contributed by atoms with E-state index in [0.29, 0.717) is 63.7 Å². The van der Waals surface area contributed by atoms with Gasteiger partial charge in [0.15, 0.2) is 0 Å². The zero-order valence-corrected chi connectivity index (χ0v) is 45.0. The number of nitrogens with zero attached hydrogens (tertiary/aromatic N) is 6. The number of fused-ring (bicyclic) bond motifs is 8. The van der Waals surface area contributed by atoms with E-state index in [2.05, 4.69) is 36.5 Å². The summed E-state index contributed by atoms with van der Waals surface area (Å²) < 4.78 is 28.2. The lowest BCUT2D eigenvalue weighted by atomic mass is 9.80. The lowest BCUT2D eigenvalue weighted by molar-refractivity contribution is -0.144. The second kappa shape index (κ2) is 25.5. The van der Waals surface area contributed by atoms with Crippen LogP contribution in [0.5, 0.6) is 0 Å². The Kier molecular flexibility index (Phi) is 19.2. The third-order valence-corrected chi connectivity index (χ3v) is 15.0. The number of hydrogen-bond acceptors (Lipinski definition) is 13. The number of benzene rings is 1. The molecule has 0 spiro atoms. The number of likely N-dealkylation sites (N-methyl/N-ethyl adjacent to an activating group) is 1. The van der Waals surface area contributed by atoms with E-state index in [9.17, 15) is 28.4 Å². The van der Waals surface area contributed by atoms with Gasteiger partial charge < -0.3 is 56.5 Å². The molecule has 2 saturated heterocycles. The molecule has 7 rings (SSSR count). The number of halogens is 1. The molecule has 19 nitrogen and oxygen atoms in total. The summed E-state index contributed by atoms with van der Waals surface area (Å²) >= 11 is 0. The van der Waals surface area contributed by atoms with Crippen molar-refractivity contribution >= 4 is 41.0 Å². The van der Waals surface area contributed by atoms with Crippen LogP contribution in [0.2, 0.25) is 0 Å². The molecular weight excluding hydrogens is 960 g/mol. The van der Waals surface area contributed by atoms with Crippen LogP contribution in [0, 0.1) is 24.2 Å². The summed E-state index contributed by atoms with van der Waals surface area (Å²) in [4.78, 5) is 78.5. The molecule has 0 radical (unpaired) electrons. The molecule has 0 saturated carbocycles. The first-order valence-corrected chi connectivity index (χ1v) is 26.6. The molecule has 2 unspecified atom stereocenters. The van der Waals surface area contributed by atoms with Gasteiger partial charge in [0.1, 0.15) is 23.7 Å². The predicted molar refractivity (Wildman–Crippen MR) is 285 cm³/mol. The molecular formula is C55H79FN12O7. The van der Waals surface area contributed by atoms with E-state index in [0.717, 1.165) is 40.9 Å². The largest absolute Gasteiger partial charge is 0.382 e. The van der Waals surface area contributed by atoms with E-state index in [1.54, 1.807) is 49.2 Å². The number of carbonyl (C=O) groups is 5. The molecule has 8 atom stereocenters. The van der Waals surface area contributed by atoms with Gasteiger partial charge in [0.2, 0.25) is 29.5 Å². The SMILES string of the molecule is CC[C@H](NC(=O)[C@H]1C[C@@H](NCCOCCOCCC(=O)NCCn2nc3c(c2C)-c2cnc(N)c(c2)N2CCC[C@@H]2C2C=C(F)C=CC2C(=O)N(C)C3)CN1C(=O)[C@H](NC(=O)[C@@H](C)NC)C(C)(C)C)c1ccccc1. The van der Waals surface area contributed by atoms with Crippen molar-refractivity contribution in [2.24, 2.45) is 17.3 Å². The van der Waals surface area contributed by atoms with Gasteiger partial charge in [-0.1, -0.05) is 64.1 Å². The minimum Gasteiger partial charge on any atom is -0.382 e. The molecule has 5 amide bonds. The standard InChI is InChI=1S/C55H79FN12O7/c1-9-42(36-14-11-10-12-15-36)62-52(71)46-30-39(32-67(46)54(73)49(55(4,5)6)63-51(70)34(2)58-7)59-21-25-75-27-26-74-24-19-47(69)60-20-23-68-35(3)48-37-28-45(50(57)61-31-37)66-22-13-16-44(66)41-29-38(56)17-18-40(41)53(72)65(8)33-43(48)64-68/h10-12,14-15,17-18,28-29,31,34,39-42,44,46,49,58-59H,9,13,16,19-27,30,32-33H2,1-8H3,(H2,57,61)(H,60,69)(H,62,71)(H,63,70)/t34-,39-,40?,41?,42+,44-,46-,49+/m1/s1. The second-order valence-corrected chi connectivity index (χ2v) is 21.3. The molecule has 2 bridgehead atoms. The van der Waals surface area contributed by atoms with Crippen molar-refractivity contribution in [2.75, 3.05) is 77.3 Å². The summed E-state index contributed by atoms with van der Waals surface area (Å²) in [5.41, 5.74) is 10.8. The number of nitrogen functional groups attached to an aromatic ring is 1. The van der Waals surface area contributed by atoms with Gasteiger partial charge in [-0.15, -0.1) is 0 Å². The number of nitrogens with one attached hydrogen (secondary N) is 5. The van der Waals surface area contributed by atoms with Gasteiger partial charge in [-0.3, -0.25) is 28.7 Å². The van der Waals surface area contributed by atoms with Crippen molar-refractivity contribution in [2.45, 2.75) is 123 Å². The number of hydrogen-bond donors (Lipinski definition) is 6. The summed E-state index contributed by atoms with van der Waals surface area (Å²) in [5.74, 6) is -2.04. The molecule has 20 heteroatoms. The number of nitrogens with two attached hydrogens (primary N) is 1. The average molecular weight is 1040 g/mol. The Morgan fingerprint density at radius 2 is 1.77 bits per heavy atom. The second-order valence-electron chi connectivity index (χ2n) is 21.3. The number of ether oxygens (including phenoxy) is 2. The number of anilines is 2. The number of pyridine rings is 1. The fourth-order valence-corrected chi connectivity index (χ4v) is 10.7. The molecule has 1 aromatic carbocycles. The van der Waals surface area contributed by atoms with Crippen LogP contribution >= 0.6 is 0 Å². The van der Waals surface area contributed by atoms with Crippen molar-refractivity contribution in [1.82, 2.24) is 51.1 Å². The van der Waals surface area contributed by atoms with Crippen LogP contribution in [0.4, 0.5) is 15.9 Å². The van der Waals surface area contributed by atoms with Crippen LogP contribution < -0.4 is 37.2 Å². The zero-order valence-electron chi connectivity index (χ0n) is 45.0. The third kappa shape index (κ3) is 13.8. The van der Waals surface area contributed by atoms with Crippen LogP contribution in [0.1, 0.15) is 89.7 Å². The van der Waals surface area contributed by atoms with Crippen LogP contribution in [0.15, 0.2) is 66.6 Å². The van der Waals surface area contributed by atoms with E-state index < -0.39 is 29.5 Å². The Morgan fingerprint density at radius 3 is 2.49 bits per heavy atom. The van der Waals surface area contributed by atoms with E-state index >= 15 is 0 Å². The maximum absolute atomic E-state index is 14.8. The summed E-state index contributed by atoms with van der Waals surface area (Å²) in [6.07, 6.45) is 9.25. The van der Waals surface area contributed by atoms with E-state index in [-0.39, 0.29) is 92.1 Å². The fraction of sp³-hybridized carbons (Fsp3) is 0.582. The van der Waals surface area contributed by atoms with Crippen molar-refractivity contribution in [3.8, 4) is 11.1 Å². The smallest absolute Gasteiger partial charge is 0.246 e. The number of allylic oxidation sites excluding steroid dienone is 2. The van der Waals surface area contributed by atoms with Crippen LogP contribution in [0.25, 0.3) is 11.1 Å². The molecule has 2 fully saturated rings. The minimum atomic E-state index is -0.862. The van der Waals surface area contributed by atoms with Crippen LogP contribution in [0.3, 0.4) is 0 Å². The van der Waals surface area contributed by atoms with E-state index in [4.69, 9.17) is 20.3 Å². The van der Waals surface area contributed by atoms with Crippen molar-refractivity contribution in [1.29, 1.82) is 0 Å². The number of carbonyl (C=O) groups excluding carboxylic acids is 5. The first-order chi connectivity index (χ1) is 35.9. The lowest BCUT2D eigenvalue weighted by Crippen LogP contribution is -2.59. The van der Waals surface area contributed by atoms with Crippen molar-refractivity contribution in [3.63, 3.8) is 0 Å². The summed E-state index contributed by atoms with van der Waals surface area (Å²) in [6, 6.07) is 9.11. The Balaban J connectivity index is 0.867. The molecule has 1 aliphatic carbocycles. The lowest BCUT2D eigenvalue weighted by Gasteiger charge is -2.37. The van der Waals surface area contributed by atoms with Gasteiger partial charge in [-0.25, -0.2) is 9.37 Å². The van der Waals surface area contributed by atoms with Gasteiger partial charge in [0.05, 0.1) is 68.9 Å². The molecule has 5 heterocycles. The highest BCUT2D eigenvalue weighted by Gasteiger charge is 2.46. The third-order valence-electron chi connectivity index (χ3n) is 15.0. The van der Waals surface area contributed by atoms with E-state index in [1.165, 1.54) is 6.08 Å². The Bertz CT molecular complexity index is 2550. The number of amides is 5. The molecule has 3 aromatic rings. The van der Waals surface area contributed by atoms with Gasteiger partial charge in [0.25, 0.3) is 0 Å². The maximum atomic E-state index is 14.8. The monoisotopic (exact) mass is 1040 g/mol. The Labute approximate surface area is 441 Å². The summed E-state index contributed by atoms with van der Waals surface area (Å²) in [5, 5.41) is 20.4. The van der Waals surface area contributed by atoms with Crippen molar-refractivity contribution < 1.29 is 37.8 Å². The first kappa shape index (κ1) is 56.5. The minimum absolute atomic E-state index is 0.114. The normalized spacial score (nSPS) is 21.7. The highest BCUT2D eigenvalue weighted by atomic mass is 19.1. The van der Waals surface area contributed by atoms with Gasteiger partial charge in [0, 0.05) is 80.7 Å². The molecule has 75 heavy (non-hydrogen) atoms. The summed E-state index contributed by atoms with van der Waals surface area (Å²) in [7, 11) is 3.44. The highest BCUT2D eigenvalue weighted by molar-refractivity contribution is 5.94. The molecule has 4 aliphatic rings. The van der Waals surface area contributed by atoms with Crippen LogP contribution in [-0.2, 0) is 46.5 Å². The van der Waals surface area contributed by atoms with Gasteiger partial charge in [-0.05, 0) is 75.8 Å². The topological polar surface area (TPSA) is 230 Å². The summed E-state index contributed by atoms with van der Waals surface area (Å²) in [6.45, 7) is 14.9. The Morgan fingerprint density at radius 1 is 1.03 bits per heavy atom. The Hall–Kier alpha value is -6.22. The number of rotatable bonds is 21. The predicted octanol–water partition coefficient (Wildman–Crippen LogP) is 3.94. The maximum Gasteiger partial charge on any atom is 0.246 e. The quantitative estimate of drug-likeness (QED) is 0.0833. The first-order valence-electron chi connectivity index (χ1n) is 26.6. The van der Waals surface area contributed by atoms with Crippen molar-refractivity contribution in [3.05, 3.63) is 83.6 Å². The molecule has 3 aliphatic heterocycles. The van der Waals surface area contributed by atoms with Gasteiger partial charge >= 0.3 is 0 Å². The fourth-order valence-electron chi connectivity index (χ4n) is 10.7.